The predicted molar refractivity (Wildman–Crippen MR) is 77.6 cm³/mol. The first-order chi connectivity index (χ1) is 8.90. The number of aryl methyl sites for hydroxylation is 1. The van der Waals surface area contributed by atoms with Crippen molar-refractivity contribution in [1.29, 1.82) is 0 Å². The molecule has 1 rings (SSSR count). The number of nitrogens with one attached hydrogen (secondary N) is 2. The lowest BCUT2D eigenvalue weighted by atomic mass is 10.0. The summed E-state index contributed by atoms with van der Waals surface area (Å²) in [5, 5.41) is 5.92. The van der Waals surface area contributed by atoms with Gasteiger partial charge < -0.3 is 15.4 Å². The van der Waals surface area contributed by atoms with Crippen molar-refractivity contribution < 1.29 is 9.53 Å². The van der Waals surface area contributed by atoms with Gasteiger partial charge in [0.15, 0.2) is 0 Å². The van der Waals surface area contributed by atoms with Gasteiger partial charge in [-0.05, 0) is 51.4 Å². The van der Waals surface area contributed by atoms with Crippen molar-refractivity contribution in [2.24, 2.45) is 0 Å². The first-order valence-corrected chi connectivity index (χ1v) is 6.51. The Balaban J connectivity index is 2.50. The standard InChI is InChI=1S/C15H24N2O2/c1-11-10-12(6-7-13(11)19-5)8-9-17-14(18)15(2,3)16-4/h6-7,10,16H,8-9H2,1-5H3,(H,17,18). The van der Waals surface area contributed by atoms with E-state index in [0.29, 0.717) is 6.54 Å². The minimum atomic E-state index is -0.532. The summed E-state index contributed by atoms with van der Waals surface area (Å²) in [5.41, 5.74) is 1.78. The fourth-order valence-corrected chi connectivity index (χ4v) is 1.75. The fraction of sp³-hybridized carbons (Fsp3) is 0.533. The number of hydrogen-bond donors (Lipinski definition) is 2. The molecule has 1 aromatic carbocycles. The first-order valence-electron chi connectivity index (χ1n) is 6.51. The van der Waals surface area contributed by atoms with Crippen LogP contribution in [0, 0.1) is 6.92 Å². The van der Waals surface area contributed by atoms with E-state index in [-0.39, 0.29) is 5.91 Å². The van der Waals surface area contributed by atoms with Gasteiger partial charge in [-0.2, -0.15) is 0 Å². The van der Waals surface area contributed by atoms with Crippen LogP contribution in [0.5, 0.6) is 5.75 Å². The number of carbonyl (C=O) groups is 1. The molecule has 0 aliphatic carbocycles. The minimum absolute atomic E-state index is 0.0141. The van der Waals surface area contributed by atoms with E-state index in [1.165, 1.54) is 5.56 Å². The maximum absolute atomic E-state index is 11.9. The van der Waals surface area contributed by atoms with Crippen molar-refractivity contribution in [3.63, 3.8) is 0 Å². The van der Waals surface area contributed by atoms with Crippen molar-refractivity contribution in [3.05, 3.63) is 29.3 Å². The molecule has 0 radical (unpaired) electrons. The quantitative estimate of drug-likeness (QED) is 0.821. The summed E-state index contributed by atoms with van der Waals surface area (Å²) in [4.78, 5) is 11.9. The highest BCUT2D eigenvalue weighted by Gasteiger charge is 2.24. The average Bonchev–Trinajstić information content (AvgIpc) is 2.38. The maximum Gasteiger partial charge on any atom is 0.239 e. The summed E-state index contributed by atoms with van der Waals surface area (Å²) >= 11 is 0. The van der Waals surface area contributed by atoms with E-state index in [1.807, 2.05) is 32.9 Å². The summed E-state index contributed by atoms with van der Waals surface area (Å²) in [5.74, 6) is 0.907. The Hall–Kier alpha value is -1.55. The van der Waals surface area contributed by atoms with Crippen molar-refractivity contribution in [1.82, 2.24) is 10.6 Å². The second kappa shape index (κ2) is 6.57. The molecule has 2 N–H and O–H groups in total. The summed E-state index contributed by atoms with van der Waals surface area (Å²) in [7, 11) is 3.45. The van der Waals surface area contributed by atoms with Crippen LogP contribution < -0.4 is 15.4 Å². The topological polar surface area (TPSA) is 50.4 Å². The molecule has 0 atom stereocenters. The smallest absolute Gasteiger partial charge is 0.239 e. The summed E-state index contributed by atoms with van der Waals surface area (Å²) < 4.78 is 5.22. The average molecular weight is 264 g/mol. The minimum Gasteiger partial charge on any atom is -0.496 e. The Kier molecular flexibility index (Phi) is 5.36. The third-order valence-corrected chi connectivity index (χ3v) is 3.35. The van der Waals surface area contributed by atoms with E-state index >= 15 is 0 Å². The van der Waals surface area contributed by atoms with Crippen molar-refractivity contribution in [3.8, 4) is 5.75 Å². The zero-order valence-corrected chi connectivity index (χ0v) is 12.5. The SMILES string of the molecule is CNC(C)(C)C(=O)NCCc1ccc(OC)c(C)c1. The molecule has 0 saturated heterocycles. The number of methoxy groups -OCH3 is 1. The monoisotopic (exact) mass is 264 g/mol. The van der Waals surface area contributed by atoms with Gasteiger partial charge in [-0.15, -0.1) is 0 Å². The third-order valence-electron chi connectivity index (χ3n) is 3.35. The lowest BCUT2D eigenvalue weighted by molar-refractivity contribution is -0.126. The van der Waals surface area contributed by atoms with Gasteiger partial charge in [-0.3, -0.25) is 4.79 Å². The first kappa shape index (κ1) is 15.5. The molecule has 106 valence electrons. The van der Waals surface area contributed by atoms with E-state index < -0.39 is 5.54 Å². The van der Waals surface area contributed by atoms with Crippen molar-refractivity contribution >= 4 is 5.91 Å². The van der Waals surface area contributed by atoms with E-state index in [0.717, 1.165) is 17.7 Å². The van der Waals surface area contributed by atoms with Gasteiger partial charge in [0.05, 0.1) is 12.6 Å². The highest BCUT2D eigenvalue weighted by molar-refractivity contribution is 5.85. The molecule has 4 nitrogen and oxygen atoms in total. The molecular formula is C15H24N2O2. The molecule has 0 aromatic heterocycles. The van der Waals surface area contributed by atoms with E-state index in [1.54, 1.807) is 14.2 Å². The fourth-order valence-electron chi connectivity index (χ4n) is 1.75. The molecule has 0 unspecified atom stereocenters. The van der Waals surface area contributed by atoms with Crippen molar-refractivity contribution in [2.45, 2.75) is 32.7 Å². The number of hydrogen-bond acceptors (Lipinski definition) is 3. The third kappa shape index (κ3) is 4.24. The van der Waals surface area contributed by atoms with Crippen LogP contribution in [0.25, 0.3) is 0 Å². The van der Waals surface area contributed by atoms with E-state index in [4.69, 9.17) is 4.74 Å². The van der Waals surface area contributed by atoms with E-state index in [2.05, 4.69) is 16.7 Å². The molecule has 0 bridgehead atoms. The molecule has 0 fully saturated rings. The predicted octanol–water partition coefficient (Wildman–Crippen LogP) is 1.66. The number of ether oxygens (including phenoxy) is 1. The molecule has 0 aliphatic heterocycles. The van der Waals surface area contributed by atoms with E-state index in [9.17, 15) is 4.79 Å². The molecule has 0 heterocycles. The number of rotatable bonds is 6. The molecule has 0 spiro atoms. The summed E-state index contributed by atoms with van der Waals surface area (Å²) in [6.45, 7) is 6.38. The van der Waals surface area contributed by atoms with Crippen LogP contribution in [-0.2, 0) is 11.2 Å². The molecule has 19 heavy (non-hydrogen) atoms. The normalized spacial score (nSPS) is 11.2. The second-order valence-electron chi connectivity index (χ2n) is 5.18. The van der Waals surface area contributed by atoms with Crippen LogP contribution in [0.1, 0.15) is 25.0 Å². The number of benzene rings is 1. The lowest BCUT2D eigenvalue weighted by Gasteiger charge is -2.22. The number of amides is 1. The Morgan fingerprint density at radius 2 is 2.05 bits per heavy atom. The highest BCUT2D eigenvalue weighted by atomic mass is 16.5. The van der Waals surface area contributed by atoms with Gasteiger partial charge in [0, 0.05) is 6.54 Å². The zero-order chi connectivity index (χ0) is 14.5. The summed E-state index contributed by atoms with van der Waals surface area (Å²) in [6, 6.07) is 6.08. The Morgan fingerprint density at radius 1 is 1.37 bits per heavy atom. The molecule has 4 heteroatoms. The van der Waals surface area contributed by atoms with Crippen LogP contribution in [0.15, 0.2) is 18.2 Å². The zero-order valence-electron chi connectivity index (χ0n) is 12.5. The van der Waals surface area contributed by atoms with Crippen molar-refractivity contribution in [2.75, 3.05) is 20.7 Å². The molecule has 1 amide bonds. The Morgan fingerprint density at radius 3 is 2.58 bits per heavy atom. The Labute approximate surface area is 115 Å². The molecular weight excluding hydrogens is 240 g/mol. The second-order valence-corrected chi connectivity index (χ2v) is 5.18. The number of carbonyl (C=O) groups excluding carboxylic acids is 1. The van der Waals surface area contributed by atoms with Crippen LogP contribution in [0.4, 0.5) is 0 Å². The maximum atomic E-state index is 11.9. The van der Waals surface area contributed by atoms with Crippen LogP contribution in [0.3, 0.4) is 0 Å². The Bertz CT molecular complexity index is 442. The van der Waals surface area contributed by atoms with Crippen LogP contribution in [-0.4, -0.2) is 32.1 Å². The van der Waals surface area contributed by atoms with Gasteiger partial charge in [-0.1, -0.05) is 12.1 Å². The highest BCUT2D eigenvalue weighted by Crippen LogP contribution is 2.18. The number of likely N-dealkylation sites (N-methyl/N-ethyl adjacent to an activating group) is 1. The van der Waals surface area contributed by atoms with Crippen LogP contribution >= 0.6 is 0 Å². The lowest BCUT2D eigenvalue weighted by Crippen LogP contribution is -2.51. The van der Waals surface area contributed by atoms with Crippen LogP contribution in [0.2, 0.25) is 0 Å². The van der Waals surface area contributed by atoms with Gasteiger partial charge in [0.25, 0.3) is 0 Å². The largest absolute Gasteiger partial charge is 0.496 e. The van der Waals surface area contributed by atoms with Gasteiger partial charge >= 0.3 is 0 Å². The molecule has 1 aromatic rings. The molecule has 0 saturated carbocycles. The molecule has 0 aliphatic rings. The van der Waals surface area contributed by atoms with Gasteiger partial charge in [-0.25, -0.2) is 0 Å². The van der Waals surface area contributed by atoms with Gasteiger partial charge in [0.2, 0.25) is 5.91 Å². The van der Waals surface area contributed by atoms with Gasteiger partial charge in [0.1, 0.15) is 5.75 Å². The summed E-state index contributed by atoms with van der Waals surface area (Å²) in [6.07, 6.45) is 0.816.